The molecule has 20 heavy (non-hydrogen) atoms. The zero-order valence-electron chi connectivity index (χ0n) is 13.2. The first-order chi connectivity index (χ1) is 9.43. The molecule has 0 spiro atoms. The van der Waals surface area contributed by atoms with Crippen LogP contribution in [0.5, 0.6) is 11.5 Å². The monoisotopic (exact) mass is 281 g/mol. The van der Waals surface area contributed by atoms with E-state index in [1.807, 2.05) is 25.1 Å². The van der Waals surface area contributed by atoms with Crippen molar-refractivity contribution in [2.45, 2.75) is 45.3 Å². The highest BCUT2D eigenvalue weighted by Gasteiger charge is 2.21. The number of rotatable bonds is 8. The van der Waals surface area contributed by atoms with Crippen LogP contribution in [0.4, 0.5) is 0 Å². The minimum absolute atomic E-state index is 0.0726. The molecule has 0 heterocycles. The molecule has 0 aliphatic heterocycles. The third-order valence-electron chi connectivity index (χ3n) is 3.48. The quantitative estimate of drug-likeness (QED) is 0.769. The number of methoxy groups -OCH3 is 2. The number of benzene rings is 1. The average Bonchev–Trinajstić information content (AvgIpc) is 2.44. The van der Waals surface area contributed by atoms with Crippen LogP contribution in [0.1, 0.15) is 45.2 Å². The van der Waals surface area contributed by atoms with E-state index >= 15 is 0 Å². The Hall–Kier alpha value is -1.26. The molecule has 114 valence electrons. The van der Waals surface area contributed by atoms with Crippen molar-refractivity contribution in [3.05, 3.63) is 23.8 Å². The fourth-order valence-electron chi connectivity index (χ4n) is 2.29. The van der Waals surface area contributed by atoms with E-state index in [9.17, 15) is 5.11 Å². The summed E-state index contributed by atoms with van der Waals surface area (Å²) in [7, 11) is 3.31. The molecule has 1 rings (SSSR count). The molecule has 4 heteroatoms. The van der Waals surface area contributed by atoms with E-state index < -0.39 is 5.60 Å². The minimum atomic E-state index is -0.685. The van der Waals surface area contributed by atoms with E-state index in [0.717, 1.165) is 29.9 Å². The van der Waals surface area contributed by atoms with Crippen LogP contribution in [0.15, 0.2) is 18.2 Å². The van der Waals surface area contributed by atoms with E-state index in [2.05, 4.69) is 19.2 Å². The molecule has 0 saturated carbocycles. The van der Waals surface area contributed by atoms with Crippen molar-refractivity contribution >= 4 is 0 Å². The molecule has 0 aromatic heterocycles. The average molecular weight is 281 g/mol. The first-order valence-corrected chi connectivity index (χ1v) is 7.11. The maximum absolute atomic E-state index is 10.2. The lowest BCUT2D eigenvalue weighted by molar-refractivity contribution is 0.0476. The number of hydrogen-bond donors (Lipinski definition) is 2. The largest absolute Gasteiger partial charge is 0.497 e. The first kappa shape index (κ1) is 16.8. The van der Waals surface area contributed by atoms with Crippen LogP contribution in [0.2, 0.25) is 0 Å². The highest BCUT2D eigenvalue weighted by atomic mass is 16.5. The van der Waals surface area contributed by atoms with Crippen LogP contribution in [-0.4, -0.2) is 31.5 Å². The van der Waals surface area contributed by atoms with Gasteiger partial charge in [-0.15, -0.1) is 0 Å². The zero-order valence-corrected chi connectivity index (χ0v) is 13.2. The Morgan fingerprint density at radius 1 is 1.30 bits per heavy atom. The van der Waals surface area contributed by atoms with Gasteiger partial charge in [-0.2, -0.15) is 0 Å². The Kier molecular flexibility index (Phi) is 6.30. The normalized spacial score (nSPS) is 15.5. The lowest BCUT2D eigenvalue weighted by Crippen LogP contribution is -2.38. The van der Waals surface area contributed by atoms with Gasteiger partial charge in [-0.25, -0.2) is 0 Å². The summed E-state index contributed by atoms with van der Waals surface area (Å²) in [4.78, 5) is 0. The maximum Gasteiger partial charge on any atom is 0.123 e. The summed E-state index contributed by atoms with van der Waals surface area (Å²) in [6, 6.07) is 5.81. The zero-order chi connectivity index (χ0) is 15.2. The van der Waals surface area contributed by atoms with Gasteiger partial charge in [-0.1, -0.05) is 13.3 Å². The second-order valence-electron chi connectivity index (χ2n) is 5.46. The van der Waals surface area contributed by atoms with Crippen LogP contribution in [0, 0.1) is 0 Å². The summed E-state index contributed by atoms with van der Waals surface area (Å²) in [6.45, 7) is 6.53. The van der Waals surface area contributed by atoms with Crippen molar-refractivity contribution in [1.82, 2.24) is 5.32 Å². The summed E-state index contributed by atoms with van der Waals surface area (Å²) in [5, 5.41) is 13.6. The summed E-state index contributed by atoms with van der Waals surface area (Å²) in [5.74, 6) is 1.62. The number of nitrogens with one attached hydrogen (secondary N) is 1. The Labute approximate surface area is 122 Å². The van der Waals surface area contributed by atoms with Gasteiger partial charge in [0, 0.05) is 18.2 Å². The molecule has 0 amide bonds. The molecule has 0 fully saturated rings. The van der Waals surface area contributed by atoms with Gasteiger partial charge in [-0.05, 0) is 38.5 Å². The van der Waals surface area contributed by atoms with E-state index in [1.54, 1.807) is 14.2 Å². The van der Waals surface area contributed by atoms with Crippen LogP contribution in [0.3, 0.4) is 0 Å². The second kappa shape index (κ2) is 7.50. The topological polar surface area (TPSA) is 50.7 Å². The molecule has 4 nitrogen and oxygen atoms in total. The Morgan fingerprint density at radius 2 is 2.00 bits per heavy atom. The molecular weight excluding hydrogens is 254 g/mol. The van der Waals surface area contributed by atoms with E-state index in [-0.39, 0.29) is 6.04 Å². The van der Waals surface area contributed by atoms with Crippen LogP contribution >= 0.6 is 0 Å². The fourth-order valence-corrected chi connectivity index (χ4v) is 2.29. The summed E-state index contributed by atoms with van der Waals surface area (Å²) in [5.41, 5.74) is 0.342. The molecule has 2 atom stereocenters. The summed E-state index contributed by atoms with van der Waals surface area (Å²) < 4.78 is 10.6. The Balaban J connectivity index is 2.78. The lowest BCUT2D eigenvalue weighted by Gasteiger charge is -2.26. The van der Waals surface area contributed by atoms with Gasteiger partial charge in [0.15, 0.2) is 0 Å². The summed E-state index contributed by atoms with van der Waals surface area (Å²) in [6.07, 6.45) is 1.74. The highest BCUT2D eigenvalue weighted by Crippen LogP contribution is 2.29. The first-order valence-electron chi connectivity index (χ1n) is 7.11. The van der Waals surface area contributed by atoms with Gasteiger partial charge in [-0.3, -0.25) is 0 Å². The van der Waals surface area contributed by atoms with E-state index in [4.69, 9.17) is 9.47 Å². The molecule has 0 saturated heterocycles. The molecular formula is C16H27NO3. The molecule has 2 N–H and O–H groups in total. The SMILES string of the molecule is CCCC(C)(O)CNC(C)c1cc(OC)ccc1OC. The predicted molar refractivity (Wildman–Crippen MR) is 81.5 cm³/mol. The second-order valence-corrected chi connectivity index (χ2v) is 5.46. The van der Waals surface area contributed by atoms with Gasteiger partial charge >= 0.3 is 0 Å². The van der Waals surface area contributed by atoms with E-state index in [0.29, 0.717) is 6.54 Å². The fraction of sp³-hybridized carbons (Fsp3) is 0.625. The van der Waals surface area contributed by atoms with Crippen molar-refractivity contribution in [1.29, 1.82) is 0 Å². The third-order valence-corrected chi connectivity index (χ3v) is 3.48. The van der Waals surface area contributed by atoms with Gasteiger partial charge in [0.1, 0.15) is 11.5 Å². The minimum Gasteiger partial charge on any atom is -0.497 e. The van der Waals surface area contributed by atoms with Crippen molar-refractivity contribution in [3.8, 4) is 11.5 Å². The standard InChI is InChI=1S/C16H27NO3/c1-6-9-16(3,18)11-17-12(2)14-10-13(19-4)7-8-15(14)20-5/h7-8,10,12,17-18H,6,9,11H2,1-5H3. The van der Waals surface area contributed by atoms with Crippen molar-refractivity contribution in [2.75, 3.05) is 20.8 Å². The molecule has 0 radical (unpaired) electrons. The number of aliphatic hydroxyl groups is 1. The Morgan fingerprint density at radius 3 is 2.55 bits per heavy atom. The third kappa shape index (κ3) is 4.69. The predicted octanol–water partition coefficient (Wildman–Crippen LogP) is 2.91. The molecule has 1 aromatic carbocycles. The van der Waals surface area contributed by atoms with Crippen LogP contribution < -0.4 is 14.8 Å². The molecule has 0 aliphatic rings. The van der Waals surface area contributed by atoms with Crippen LogP contribution in [0.25, 0.3) is 0 Å². The number of hydrogen-bond acceptors (Lipinski definition) is 4. The van der Waals surface area contributed by atoms with Gasteiger partial charge in [0.05, 0.1) is 19.8 Å². The Bertz CT molecular complexity index is 418. The van der Waals surface area contributed by atoms with Gasteiger partial charge in [0.25, 0.3) is 0 Å². The molecule has 0 aliphatic carbocycles. The van der Waals surface area contributed by atoms with Crippen molar-refractivity contribution in [3.63, 3.8) is 0 Å². The van der Waals surface area contributed by atoms with Crippen molar-refractivity contribution < 1.29 is 14.6 Å². The van der Waals surface area contributed by atoms with Crippen molar-refractivity contribution in [2.24, 2.45) is 0 Å². The molecule has 1 aromatic rings. The summed E-state index contributed by atoms with van der Waals surface area (Å²) >= 11 is 0. The lowest BCUT2D eigenvalue weighted by atomic mass is 9.99. The van der Waals surface area contributed by atoms with Gasteiger partial charge in [0.2, 0.25) is 0 Å². The smallest absolute Gasteiger partial charge is 0.123 e. The number of ether oxygens (including phenoxy) is 2. The van der Waals surface area contributed by atoms with Crippen LogP contribution in [-0.2, 0) is 0 Å². The molecule has 0 bridgehead atoms. The van der Waals surface area contributed by atoms with E-state index in [1.165, 1.54) is 0 Å². The highest BCUT2D eigenvalue weighted by molar-refractivity contribution is 5.42. The molecule has 2 unspecified atom stereocenters. The maximum atomic E-state index is 10.2. The van der Waals surface area contributed by atoms with Gasteiger partial charge < -0.3 is 19.9 Å².